The first kappa shape index (κ1) is 26.6. The van der Waals surface area contributed by atoms with Crippen molar-refractivity contribution >= 4 is 33.7 Å². The molecule has 6 nitrogen and oxygen atoms in total. The van der Waals surface area contributed by atoms with Crippen LogP contribution in [0.4, 0.5) is 0 Å². The number of carbonyl (C=O) groups is 1. The molecule has 0 heterocycles. The van der Waals surface area contributed by atoms with Crippen molar-refractivity contribution in [3.8, 4) is 0 Å². The van der Waals surface area contributed by atoms with Crippen LogP contribution in [0.1, 0.15) is 43.0 Å². The van der Waals surface area contributed by atoms with Crippen molar-refractivity contribution in [1.82, 2.24) is 9.73 Å². The van der Waals surface area contributed by atoms with Crippen LogP contribution in [0.15, 0.2) is 82.8 Å². The highest BCUT2D eigenvalue weighted by Crippen LogP contribution is 2.22. The summed E-state index contributed by atoms with van der Waals surface area (Å²) in [6.07, 6.45) is 1.53. The quantitative estimate of drug-likeness (QED) is 0.330. The fourth-order valence-corrected chi connectivity index (χ4v) is 4.83. The first-order valence-electron chi connectivity index (χ1n) is 11.2. The van der Waals surface area contributed by atoms with Gasteiger partial charge in [0.2, 0.25) is 10.0 Å². The Bertz CT molecular complexity index is 1280. The molecule has 3 aromatic rings. The Kier molecular flexibility index (Phi) is 8.48. The zero-order chi connectivity index (χ0) is 25.6. The van der Waals surface area contributed by atoms with E-state index in [9.17, 15) is 13.2 Å². The van der Waals surface area contributed by atoms with Gasteiger partial charge >= 0.3 is 0 Å². The number of rotatable bonds is 8. The molecule has 0 bridgehead atoms. The van der Waals surface area contributed by atoms with Crippen LogP contribution in [0.3, 0.4) is 0 Å². The topological polar surface area (TPSA) is 78.8 Å². The molecule has 1 N–H and O–H groups in total. The second-order valence-electron chi connectivity index (χ2n) is 9.38. The molecular formula is C27H30ClN3O3S. The molecule has 0 unspecified atom stereocenters. The summed E-state index contributed by atoms with van der Waals surface area (Å²) in [4.78, 5) is 12.8. The molecule has 0 aliphatic heterocycles. The number of carbonyl (C=O) groups excluding carboxylic acids is 1. The van der Waals surface area contributed by atoms with Gasteiger partial charge < -0.3 is 0 Å². The minimum absolute atomic E-state index is 0.0127. The largest absolute Gasteiger partial charge is 0.272 e. The lowest BCUT2D eigenvalue weighted by molar-refractivity contribution is -0.121. The molecule has 1 amide bonds. The number of hydrogen-bond donors (Lipinski definition) is 1. The minimum Gasteiger partial charge on any atom is -0.272 e. The molecule has 0 aliphatic rings. The van der Waals surface area contributed by atoms with E-state index in [1.807, 2.05) is 31.2 Å². The molecule has 0 saturated heterocycles. The number of nitrogens with zero attached hydrogens (tertiary/aromatic N) is 2. The molecular weight excluding hydrogens is 482 g/mol. The van der Waals surface area contributed by atoms with Gasteiger partial charge in [-0.25, -0.2) is 13.8 Å². The van der Waals surface area contributed by atoms with Crippen LogP contribution in [0.25, 0.3) is 0 Å². The van der Waals surface area contributed by atoms with Gasteiger partial charge in [0.25, 0.3) is 5.91 Å². The highest BCUT2D eigenvalue weighted by Gasteiger charge is 2.27. The summed E-state index contributed by atoms with van der Waals surface area (Å²) in [7, 11) is -3.93. The summed E-state index contributed by atoms with van der Waals surface area (Å²) in [5.41, 5.74) is 6.14. The lowest BCUT2D eigenvalue weighted by Gasteiger charge is -2.21. The van der Waals surface area contributed by atoms with Crippen LogP contribution in [-0.4, -0.2) is 31.4 Å². The predicted molar refractivity (Wildman–Crippen MR) is 141 cm³/mol. The van der Waals surface area contributed by atoms with Crippen LogP contribution < -0.4 is 5.43 Å². The Morgan fingerprint density at radius 1 is 0.971 bits per heavy atom. The van der Waals surface area contributed by atoms with Gasteiger partial charge in [0.1, 0.15) is 0 Å². The maximum absolute atomic E-state index is 13.3. The fraction of sp³-hybridized carbons (Fsp3) is 0.259. The van der Waals surface area contributed by atoms with Gasteiger partial charge in [0, 0.05) is 11.6 Å². The Morgan fingerprint density at radius 2 is 1.57 bits per heavy atom. The smallest absolute Gasteiger partial charge is 0.255 e. The van der Waals surface area contributed by atoms with Crippen molar-refractivity contribution in [2.45, 2.75) is 44.6 Å². The molecule has 8 heteroatoms. The number of hydrazone groups is 1. The average molecular weight is 512 g/mol. The van der Waals surface area contributed by atoms with E-state index >= 15 is 0 Å². The van der Waals surface area contributed by atoms with Crippen LogP contribution >= 0.6 is 11.6 Å². The van der Waals surface area contributed by atoms with Gasteiger partial charge in [0.15, 0.2) is 0 Å². The van der Waals surface area contributed by atoms with Crippen LogP contribution in [-0.2, 0) is 26.8 Å². The van der Waals surface area contributed by atoms with Gasteiger partial charge in [-0.2, -0.15) is 9.41 Å². The van der Waals surface area contributed by atoms with E-state index < -0.39 is 15.9 Å². The number of sulfonamides is 1. The Morgan fingerprint density at radius 3 is 2.14 bits per heavy atom. The molecule has 0 aromatic heterocycles. The summed E-state index contributed by atoms with van der Waals surface area (Å²) in [6, 6.07) is 21.2. The van der Waals surface area contributed by atoms with Crippen LogP contribution in [0, 0.1) is 6.92 Å². The molecule has 0 spiro atoms. The van der Waals surface area contributed by atoms with E-state index in [0.29, 0.717) is 10.6 Å². The molecule has 3 rings (SSSR count). The molecule has 0 fully saturated rings. The Labute approximate surface area is 212 Å². The van der Waals surface area contributed by atoms with E-state index in [4.69, 9.17) is 11.6 Å². The summed E-state index contributed by atoms with van der Waals surface area (Å²) in [5, 5.41) is 4.55. The molecule has 0 saturated carbocycles. The number of aryl methyl sites for hydroxylation is 1. The SMILES string of the molecule is Cc1ccc(S(=O)(=O)N(CC(=O)N/N=C/c2ccc(C(C)(C)C)cc2)Cc2ccc(Cl)cc2)cc1. The monoisotopic (exact) mass is 511 g/mol. The summed E-state index contributed by atoms with van der Waals surface area (Å²) >= 11 is 5.96. The second-order valence-corrected chi connectivity index (χ2v) is 11.8. The zero-order valence-electron chi connectivity index (χ0n) is 20.3. The third-order valence-corrected chi connectivity index (χ3v) is 7.49. The van der Waals surface area contributed by atoms with Crippen molar-refractivity contribution in [3.05, 3.63) is 100 Å². The van der Waals surface area contributed by atoms with E-state index in [-0.39, 0.29) is 23.4 Å². The maximum atomic E-state index is 13.3. The van der Waals surface area contributed by atoms with Crippen molar-refractivity contribution in [2.24, 2.45) is 5.10 Å². The zero-order valence-corrected chi connectivity index (χ0v) is 21.9. The van der Waals surface area contributed by atoms with Gasteiger partial charge in [-0.15, -0.1) is 0 Å². The summed E-state index contributed by atoms with van der Waals surface area (Å²) in [6.45, 7) is 7.91. The van der Waals surface area contributed by atoms with Crippen LogP contribution in [0.5, 0.6) is 0 Å². The lowest BCUT2D eigenvalue weighted by atomic mass is 9.87. The molecule has 0 radical (unpaired) electrons. The second kappa shape index (κ2) is 11.2. The summed E-state index contributed by atoms with van der Waals surface area (Å²) < 4.78 is 27.8. The molecule has 35 heavy (non-hydrogen) atoms. The van der Waals surface area contributed by atoms with E-state index in [1.54, 1.807) is 36.4 Å². The van der Waals surface area contributed by atoms with E-state index in [1.165, 1.54) is 23.9 Å². The predicted octanol–water partition coefficient (Wildman–Crippen LogP) is 5.29. The first-order valence-corrected chi connectivity index (χ1v) is 13.0. The van der Waals surface area contributed by atoms with E-state index in [0.717, 1.165) is 15.4 Å². The fourth-order valence-electron chi connectivity index (χ4n) is 3.32. The normalized spacial score (nSPS) is 12.3. The first-order chi connectivity index (χ1) is 16.4. The maximum Gasteiger partial charge on any atom is 0.255 e. The highest BCUT2D eigenvalue weighted by atomic mass is 35.5. The van der Waals surface area contributed by atoms with Gasteiger partial charge in [-0.05, 0) is 53.3 Å². The van der Waals surface area contributed by atoms with E-state index in [2.05, 4.69) is 31.3 Å². The van der Waals surface area contributed by atoms with Crippen molar-refractivity contribution in [3.63, 3.8) is 0 Å². The van der Waals surface area contributed by atoms with Gasteiger partial charge in [-0.1, -0.05) is 86.5 Å². The minimum atomic E-state index is -3.93. The number of halogens is 1. The molecule has 0 atom stereocenters. The molecule has 184 valence electrons. The van der Waals surface area contributed by atoms with Crippen molar-refractivity contribution in [1.29, 1.82) is 0 Å². The third-order valence-electron chi connectivity index (χ3n) is 5.43. The number of hydrogen-bond acceptors (Lipinski definition) is 4. The summed E-state index contributed by atoms with van der Waals surface area (Å²) in [5.74, 6) is -0.544. The Hall–Kier alpha value is -3.00. The van der Waals surface area contributed by atoms with Crippen molar-refractivity contribution < 1.29 is 13.2 Å². The lowest BCUT2D eigenvalue weighted by Crippen LogP contribution is -2.39. The van der Waals surface area contributed by atoms with Crippen LogP contribution in [0.2, 0.25) is 5.02 Å². The van der Waals surface area contributed by atoms with Gasteiger partial charge in [0.05, 0.1) is 17.7 Å². The highest BCUT2D eigenvalue weighted by molar-refractivity contribution is 7.89. The molecule has 0 aliphatic carbocycles. The standard InChI is InChI=1S/C27H30ClN3O3S/c1-20-5-15-25(16-6-20)35(33,34)31(18-22-9-13-24(28)14-10-22)19-26(32)30-29-17-21-7-11-23(12-8-21)27(2,3)4/h5-17H,18-19H2,1-4H3,(H,30,32)/b29-17+. The Balaban J connectivity index is 1.75. The van der Waals surface area contributed by atoms with Gasteiger partial charge in [-0.3, -0.25) is 4.79 Å². The number of nitrogens with one attached hydrogen (secondary N) is 1. The molecule has 3 aromatic carbocycles. The average Bonchev–Trinajstić information content (AvgIpc) is 2.80. The number of benzene rings is 3. The third kappa shape index (κ3) is 7.49. The number of amides is 1. The van der Waals surface area contributed by atoms with Crippen molar-refractivity contribution in [2.75, 3.05) is 6.54 Å².